The first kappa shape index (κ1) is 14.4. The van der Waals surface area contributed by atoms with Crippen molar-refractivity contribution in [2.24, 2.45) is 5.92 Å². The zero-order chi connectivity index (χ0) is 15.0. The summed E-state index contributed by atoms with van der Waals surface area (Å²) in [5.41, 5.74) is 8.96. The third kappa shape index (κ3) is 2.91. The lowest BCUT2D eigenvalue weighted by molar-refractivity contribution is 0.205. The van der Waals surface area contributed by atoms with Gasteiger partial charge in [0.05, 0.1) is 11.0 Å². The van der Waals surface area contributed by atoms with E-state index in [1.807, 2.05) is 12.1 Å². The molecule has 21 heavy (non-hydrogen) atoms. The number of nitrogens with zero attached hydrogens (tertiary/aromatic N) is 3. The molecule has 0 bridgehead atoms. The minimum absolute atomic E-state index is 0.435. The van der Waals surface area contributed by atoms with Crippen LogP contribution >= 0.6 is 0 Å². The van der Waals surface area contributed by atoms with Gasteiger partial charge >= 0.3 is 0 Å². The maximum absolute atomic E-state index is 5.90. The van der Waals surface area contributed by atoms with Crippen LogP contribution in [-0.2, 0) is 6.54 Å². The highest BCUT2D eigenvalue weighted by atomic mass is 15.1. The van der Waals surface area contributed by atoms with E-state index in [0.717, 1.165) is 23.7 Å². The van der Waals surface area contributed by atoms with Crippen molar-refractivity contribution < 1.29 is 0 Å². The van der Waals surface area contributed by atoms with Crippen LogP contribution in [0.4, 0.5) is 5.69 Å². The van der Waals surface area contributed by atoms with Crippen LogP contribution in [0.15, 0.2) is 18.2 Å². The van der Waals surface area contributed by atoms with E-state index in [9.17, 15) is 0 Å². The Labute approximate surface area is 126 Å². The van der Waals surface area contributed by atoms with E-state index in [0.29, 0.717) is 5.92 Å². The zero-order valence-corrected chi connectivity index (χ0v) is 13.3. The summed E-state index contributed by atoms with van der Waals surface area (Å²) in [7, 11) is 2.21. The van der Waals surface area contributed by atoms with Crippen LogP contribution in [0.3, 0.4) is 0 Å². The van der Waals surface area contributed by atoms with E-state index >= 15 is 0 Å². The summed E-state index contributed by atoms with van der Waals surface area (Å²) in [5.74, 6) is 2.38. The van der Waals surface area contributed by atoms with Gasteiger partial charge in [-0.1, -0.05) is 13.8 Å². The van der Waals surface area contributed by atoms with Gasteiger partial charge in [0.25, 0.3) is 0 Å². The summed E-state index contributed by atoms with van der Waals surface area (Å²) in [4.78, 5) is 7.25. The lowest BCUT2D eigenvalue weighted by atomic mass is 9.97. The number of rotatable bonds is 3. The molecule has 4 heteroatoms. The quantitative estimate of drug-likeness (QED) is 0.882. The largest absolute Gasteiger partial charge is 0.399 e. The molecular weight excluding hydrogens is 260 g/mol. The van der Waals surface area contributed by atoms with Gasteiger partial charge in [0, 0.05) is 18.2 Å². The second-order valence-corrected chi connectivity index (χ2v) is 6.73. The standard InChI is InChI=1S/C17H26N4/c1-12(2)17-19-15-10-14(18)4-5-16(15)21(17)11-13-6-8-20(3)9-7-13/h4-5,10,12-13H,6-9,11,18H2,1-3H3. The van der Waals surface area contributed by atoms with Crippen molar-refractivity contribution in [3.05, 3.63) is 24.0 Å². The fraction of sp³-hybridized carbons (Fsp3) is 0.588. The van der Waals surface area contributed by atoms with Crippen LogP contribution in [0.25, 0.3) is 11.0 Å². The number of hydrogen-bond acceptors (Lipinski definition) is 3. The van der Waals surface area contributed by atoms with Gasteiger partial charge in [0.1, 0.15) is 5.82 Å². The van der Waals surface area contributed by atoms with Crippen molar-refractivity contribution in [3.63, 3.8) is 0 Å². The van der Waals surface area contributed by atoms with Crippen molar-refractivity contribution in [1.82, 2.24) is 14.5 Å². The van der Waals surface area contributed by atoms with Crippen molar-refractivity contribution in [2.45, 2.75) is 39.2 Å². The highest BCUT2D eigenvalue weighted by Gasteiger charge is 2.21. The number of fused-ring (bicyclic) bond motifs is 1. The van der Waals surface area contributed by atoms with Crippen LogP contribution in [0.2, 0.25) is 0 Å². The normalized spacial score (nSPS) is 17.9. The molecule has 1 aromatic heterocycles. The second kappa shape index (κ2) is 5.68. The number of piperidine rings is 1. The van der Waals surface area contributed by atoms with Crippen molar-refractivity contribution in [1.29, 1.82) is 0 Å². The average molecular weight is 286 g/mol. The predicted molar refractivity (Wildman–Crippen MR) is 88.5 cm³/mol. The molecule has 1 aliphatic rings. The predicted octanol–water partition coefficient (Wildman–Crippen LogP) is 3.08. The first-order valence-corrected chi connectivity index (χ1v) is 7.99. The number of anilines is 1. The molecule has 1 saturated heterocycles. The topological polar surface area (TPSA) is 47.1 Å². The van der Waals surface area contributed by atoms with E-state index in [4.69, 9.17) is 10.7 Å². The van der Waals surface area contributed by atoms with Gasteiger partial charge in [-0.15, -0.1) is 0 Å². The molecule has 0 amide bonds. The Morgan fingerprint density at radius 2 is 2.00 bits per heavy atom. The number of hydrogen-bond donors (Lipinski definition) is 1. The molecule has 0 saturated carbocycles. The smallest absolute Gasteiger partial charge is 0.112 e. The minimum atomic E-state index is 0.435. The van der Waals surface area contributed by atoms with Crippen LogP contribution in [0.1, 0.15) is 38.4 Å². The summed E-state index contributed by atoms with van der Waals surface area (Å²) in [6.07, 6.45) is 2.56. The van der Waals surface area contributed by atoms with Crippen LogP contribution in [0.5, 0.6) is 0 Å². The summed E-state index contributed by atoms with van der Waals surface area (Å²) in [6.45, 7) is 7.94. The highest BCUT2D eigenvalue weighted by molar-refractivity contribution is 5.79. The molecule has 1 aliphatic heterocycles. The average Bonchev–Trinajstić information content (AvgIpc) is 2.79. The molecule has 0 radical (unpaired) electrons. The Bertz CT molecular complexity index is 621. The Hall–Kier alpha value is -1.55. The van der Waals surface area contributed by atoms with E-state index in [1.165, 1.54) is 37.3 Å². The summed E-state index contributed by atoms with van der Waals surface area (Å²) in [5, 5.41) is 0. The second-order valence-electron chi connectivity index (χ2n) is 6.73. The Morgan fingerprint density at radius 1 is 1.29 bits per heavy atom. The number of benzene rings is 1. The molecule has 1 fully saturated rings. The number of nitrogens with two attached hydrogens (primary N) is 1. The monoisotopic (exact) mass is 286 g/mol. The molecule has 0 spiro atoms. The SMILES string of the molecule is CC(C)c1nc2cc(N)ccc2n1CC1CCN(C)CC1. The van der Waals surface area contributed by atoms with Gasteiger partial charge in [0.2, 0.25) is 0 Å². The fourth-order valence-corrected chi connectivity index (χ4v) is 3.30. The fourth-order valence-electron chi connectivity index (χ4n) is 3.30. The van der Waals surface area contributed by atoms with E-state index in [1.54, 1.807) is 0 Å². The summed E-state index contributed by atoms with van der Waals surface area (Å²) >= 11 is 0. The Balaban J connectivity index is 1.93. The molecule has 3 rings (SSSR count). The summed E-state index contributed by atoms with van der Waals surface area (Å²) in [6, 6.07) is 6.10. The third-order valence-electron chi connectivity index (χ3n) is 4.60. The number of likely N-dealkylation sites (tertiary alicyclic amines) is 1. The van der Waals surface area contributed by atoms with E-state index < -0.39 is 0 Å². The zero-order valence-electron chi connectivity index (χ0n) is 13.3. The van der Waals surface area contributed by atoms with Crippen molar-refractivity contribution >= 4 is 16.7 Å². The summed E-state index contributed by atoms with van der Waals surface area (Å²) < 4.78 is 2.43. The van der Waals surface area contributed by atoms with Gasteiger partial charge in [0.15, 0.2) is 0 Å². The van der Waals surface area contributed by atoms with Gasteiger partial charge in [-0.2, -0.15) is 0 Å². The molecule has 0 atom stereocenters. The molecule has 2 heterocycles. The van der Waals surface area contributed by atoms with Crippen molar-refractivity contribution in [2.75, 3.05) is 25.9 Å². The lowest BCUT2D eigenvalue weighted by Gasteiger charge is -2.29. The molecule has 4 nitrogen and oxygen atoms in total. The van der Waals surface area contributed by atoms with Crippen LogP contribution < -0.4 is 5.73 Å². The highest BCUT2D eigenvalue weighted by Crippen LogP contribution is 2.27. The van der Waals surface area contributed by atoms with E-state index in [2.05, 4.69) is 36.4 Å². The van der Waals surface area contributed by atoms with Gasteiger partial charge < -0.3 is 15.2 Å². The molecule has 2 aromatic rings. The van der Waals surface area contributed by atoms with Crippen molar-refractivity contribution in [3.8, 4) is 0 Å². The van der Waals surface area contributed by atoms with E-state index in [-0.39, 0.29) is 0 Å². The van der Waals surface area contributed by atoms with Crippen LogP contribution in [-0.4, -0.2) is 34.6 Å². The van der Waals surface area contributed by atoms with Gasteiger partial charge in [-0.25, -0.2) is 4.98 Å². The lowest BCUT2D eigenvalue weighted by Crippen LogP contribution is -2.32. The molecule has 1 aromatic carbocycles. The first-order valence-electron chi connectivity index (χ1n) is 7.99. The molecule has 2 N–H and O–H groups in total. The molecule has 0 unspecified atom stereocenters. The molecular formula is C17H26N4. The molecule has 0 aliphatic carbocycles. The van der Waals surface area contributed by atoms with Gasteiger partial charge in [-0.05, 0) is 57.1 Å². The first-order chi connectivity index (χ1) is 10.0. The van der Waals surface area contributed by atoms with Gasteiger partial charge in [-0.3, -0.25) is 0 Å². The number of imidazole rings is 1. The maximum Gasteiger partial charge on any atom is 0.112 e. The Morgan fingerprint density at radius 3 is 2.67 bits per heavy atom. The number of aromatic nitrogens is 2. The third-order valence-corrected chi connectivity index (χ3v) is 4.60. The minimum Gasteiger partial charge on any atom is -0.399 e. The maximum atomic E-state index is 5.90. The van der Waals surface area contributed by atoms with Crippen LogP contribution in [0, 0.1) is 5.92 Å². The molecule has 114 valence electrons. The Kier molecular flexibility index (Phi) is 3.89. The number of nitrogen functional groups attached to an aromatic ring is 1.